The number of aryl methyl sites for hydroxylation is 1. The van der Waals surface area contributed by atoms with E-state index in [2.05, 4.69) is 37.7 Å². The Hall–Kier alpha value is -3.12. The number of anilines is 2. The van der Waals surface area contributed by atoms with Crippen LogP contribution in [0.1, 0.15) is 18.4 Å². The van der Waals surface area contributed by atoms with Crippen LogP contribution in [0.5, 0.6) is 0 Å². The van der Waals surface area contributed by atoms with Gasteiger partial charge in [0.1, 0.15) is 17.3 Å². The number of nitrogens with zero attached hydrogens (tertiary/aromatic N) is 6. The highest BCUT2D eigenvalue weighted by molar-refractivity contribution is 9.09. The Morgan fingerprint density at radius 3 is 2.63 bits per heavy atom. The molecule has 3 heterocycles. The Kier molecular flexibility index (Phi) is 5.12. The molecule has 154 valence electrons. The highest BCUT2D eigenvalue weighted by Crippen LogP contribution is 2.36. The van der Waals surface area contributed by atoms with Gasteiger partial charge in [0.15, 0.2) is 5.08 Å². The lowest BCUT2D eigenvalue weighted by Crippen LogP contribution is -2.42. The van der Waals surface area contributed by atoms with Crippen LogP contribution in [0.4, 0.5) is 11.5 Å². The molecule has 4 rings (SSSR count). The molecule has 0 bridgehead atoms. The van der Waals surface area contributed by atoms with Crippen molar-refractivity contribution < 1.29 is 0 Å². The van der Waals surface area contributed by atoms with E-state index in [1.54, 1.807) is 14.0 Å². The van der Waals surface area contributed by atoms with Gasteiger partial charge in [-0.15, -0.1) is 5.92 Å². The zero-order chi connectivity index (χ0) is 21.6. The van der Waals surface area contributed by atoms with Gasteiger partial charge in [0.05, 0.1) is 18.6 Å². The van der Waals surface area contributed by atoms with E-state index < -0.39 is 5.69 Å². The number of alkyl halides is 1. The van der Waals surface area contributed by atoms with Gasteiger partial charge in [0, 0.05) is 25.2 Å². The van der Waals surface area contributed by atoms with E-state index in [0.29, 0.717) is 23.9 Å². The lowest BCUT2D eigenvalue weighted by molar-refractivity contribution is 0.624. The lowest BCUT2D eigenvalue weighted by Gasteiger charge is -2.23. The predicted octanol–water partition coefficient (Wildman–Crippen LogP) is 1.80. The van der Waals surface area contributed by atoms with Crippen molar-refractivity contribution in [2.24, 2.45) is 7.05 Å². The Morgan fingerprint density at radius 2 is 1.90 bits per heavy atom. The summed E-state index contributed by atoms with van der Waals surface area (Å²) in [5, 5.41) is 0.671. The molecule has 9 heteroatoms. The first-order valence-corrected chi connectivity index (χ1v) is 10.4. The molecule has 0 fully saturated rings. The first kappa shape index (κ1) is 20.2. The summed E-state index contributed by atoms with van der Waals surface area (Å²) in [4.78, 5) is 39.2. The molecule has 0 spiro atoms. The number of para-hydroxylation sites is 1. The highest BCUT2D eigenvalue weighted by Gasteiger charge is 2.37. The van der Waals surface area contributed by atoms with E-state index in [4.69, 9.17) is 0 Å². The third-order valence-electron chi connectivity index (χ3n) is 5.26. The summed E-state index contributed by atoms with van der Waals surface area (Å²) in [6, 6.07) is 7.68. The van der Waals surface area contributed by atoms with Gasteiger partial charge in [0.25, 0.3) is 5.56 Å². The summed E-state index contributed by atoms with van der Waals surface area (Å²) >= 11 is 3.60. The largest absolute Gasteiger partial charge is 0.332 e. The summed E-state index contributed by atoms with van der Waals surface area (Å²) in [6.07, 6.45) is 0. The van der Waals surface area contributed by atoms with Gasteiger partial charge in [0.2, 0.25) is 0 Å². The SMILES string of the molecule is CC#CCN1c2c(n(C)c(=O)n(Cc3nc(C)c4ccccc4n3)c2=O)N(C)C1Br. The number of rotatable bonds is 3. The normalized spacial score (nSPS) is 15.3. The first-order valence-electron chi connectivity index (χ1n) is 9.44. The smallest absolute Gasteiger partial charge is 0.329 e. The maximum Gasteiger partial charge on any atom is 0.332 e. The van der Waals surface area contributed by atoms with Crippen LogP contribution in [-0.4, -0.2) is 37.8 Å². The van der Waals surface area contributed by atoms with Gasteiger partial charge in [-0.2, -0.15) is 0 Å². The molecule has 1 aliphatic heterocycles. The van der Waals surface area contributed by atoms with Crippen LogP contribution >= 0.6 is 15.9 Å². The second kappa shape index (κ2) is 7.61. The molecule has 0 radical (unpaired) electrons. The van der Waals surface area contributed by atoms with E-state index in [-0.39, 0.29) is 17.2 Å². The topological polar surface area (TPSA) is 76.3 Å². The van der Waals surface area contributed by atoms with Crippen molar-refractivity contribution in [3.63, 3.8) is 0 Å². The van der Waals surface area contributed by atoms with Crippen LogP contribution in [-0.2, 0) is 13.6 Å². The number of hydrogen-bond acceptors (Lipinski definition) is 6. The van der Waals surface area contributed by atoms with Crippen LogP contribution in [0.3, 0.4) is 0 Å². The molecule has 8 nitrogen and oxygen atoms in total. The molecular formula is C21H21BrN6O2. The third-order valence-corrected chi connectivity index (χ3v) is 6.37. The maximum atomic E-state index is 13.4. The van der Waals surface area contributed by atoms with Crippen molar-refractivity contribution in [3.05, 3.63) is 56.6 Å². The molecule has 2 aromatic heterocycles. The number of aromatic nitrogens is 4. The van der Waals surface area contributed by atoms with Crippen LogP contribution in [0.25, 0.3) is 10.9 Å². The number of fused-ring (bicyclic) bond motifs is 2. The molecule has 1 aromatic carbocycles. The Morgan fingerprint density at radius 1 is 1.17 bits per heavy atom. The molecule has 3 aromatic rings. The summed E-state index contributed by atoms with van der Waals surface area (Å²) in [7, 11) is 3.49. The molecule has 0 saturated carbocycles. The van der Waals surface area contributed by atoms with Crippen LogP contribution < -0.4 is 21.0 Å². The highest BCUT2D eigenvalue weighted by atomic mass is 79.9. The molecule has 1 atom stereocenters. The van der Waals surface area contributed by atoms with Crippen molar-refractivity contribution in [2.45, 2.75) is 25.5 Å². The first-order chi connectivity index (χ1) is 14.3. The van der Waals surface area contributed by atoms with Gasteiger partial charge in [-0.05, 0) is 35.8 Å². The molecule has 1 aliphatic rings. The van der Waals surface area contributed by atoms with Crippen molar-refractivity contribution in [3.8, 4) is 11.8 Å². The van der Waals surface area contributed by atoms with E-state index in [1.807, 2.05) is 48.0 Å². The summed E-state index contributed by atoms with van der Waals surface area (Å²) in [6.45, 7) is 4.01. The zero-order valence-electron chi connectivity index (χ0n) is 17.2. The van der Waals surface area contributed by atoms with E-state index in [9.17, 15) is 9.59 Å². The van der Waals surface area contributed by atoms with E-state index in [1.165, 1.54) is 9.13 Å². The number of halogens is 1. The standard InChI is InChI=1S/C21H21BrN6O2/c1-5-6-11-27-17-18(25(3)20(27)22)26(4)21(30)28(19(17)29)12-16-23-13(2)14-9-7-8-10-15(14)24-16/h7-10,20H,11-12H2,1-4H3. The van der Waals surface area contributed by atoms with Gasteiger partial charge in [-0.3, -0.25) is 13.9 Å². The number of hydrogen-bond donors (Lipinski definition) is 0. The van der Waals surface area contributed by atoms with E-state index >= 15 is 0 Å². The average Bonchev–Trinajstić information content (AvgIpc) is 2.98. The van der Waals surface area contributed by atoms with Gasteiger partial charge in [-0.25, -0.2) is 14.8 Å². The van der Waals surface area contributed by atoms with Crippen LogP contribution in [0, 0.1) is 18.8 Å². The third kappa shape index (κ3) is 3.08. The fourth-order valence-electron chi connectivity index (χ4n) is 3.78. The van der Waals surface area contributed by atoms with Gasteiger partial charge in [-0.1, -0.05) is 24.1 Å². The van der Waals surface area contributed by atoms with Gasteiger partial charge < -0.3 is 9.80 Å². The Labute approximate surface area is 181 Å². The minimum atomic E-state index is -0.414. The monoisotopic (exact) mass is 468 g/mol. The Bertz CT molecular complexity index is 1330. The quantitative estimate of drug-likeness (QED) is 0.331. The van der Waals surface area contributed by atoms with Crippen molar-refractivity contribution in [1.29, 1.82) is 0 Å². The molecule has 1 unspecified atom stereocenters. The average molecular weight is 469 g/mol. The van der Waals surface area contributed by atoms with Crippen LogP contribution in [0.15, 0.2) is 33.9 Å². The molecule has 30 heavy (non-hydrogen) atoms. The second-order valence-electron chi connectivity index (χ2n) is 7.12. The summed E-state index contributed by atoms with van der Waals surface area (Å²) in [5.41, 5.74) is 1.23. The number of benzene rings is 1. The fraction of sp³-hybridized carbons (Fsp3) is 0.333. The fourth-order valence-corrected chi connectivity index (χ4v) is 4.32. The maximum absolute atomic E-state index is 13.4. The molecule has 0 aliphatic carbocycles. The molecule has 0 amide bonds. The lowest BCUT2D eigenvalue weighted by atomic mass is 10.2. The minimum Gasteiger partial charge on any atom is -0.329 e. The molecule has 0 saturated heterocycles. The van der Waals surface area contributed by atoms with E-state index in [0.717, 1.165) is 16.6 Å². The molecular weight excluding hydrogens is 448 g/mol. The van der Waals surface area contributed by atoms with Crippen molar-refractivity contribution in [1.82, 2.24) is 19.1 Å². The predicted molar refractivity (Wildman–Crippen MR) is 121 cm³/mol. The summed E-state index contributed by atoms with van der Waals surface area (Å²) in [5.74, 6) is 6.83. The minimum absolute atomic E-state index is 0.00553. The second-order valence-corrected chi connectivity index (χ2v) is 7.94. The Balaban J connectivity index is 1.88. The zero-order valence-corrected chi connectivity index (χ0v) is 18.8. The van der Waals surface area contributed by atoms with Crippen molar-refractivity contribution >= 4 is 38.3 Å². The summed E-state index contributed by atoms with van der Waals surface area (Å²) < 4.78 is 2.67. The van der Waals surface area contributed by atoms with Crippen LogP contribution in [0.2, 0.25) is 0 Å². The van der Waals surface area contributed by atoms with Gasteiger partial charge >= 0.3 is 5.69 Å². The molecule has 0 N–H and O–H groups in total. The van der Waals surface area contributed by atoms with Crippen molar-refractivity contribution in [2.75, 3.05) is 23.4 Å².